The van der Waals surface area contributed by atoms with Crippen molar-refractivity contribution in [1.82, 2.24) is 9.99 Å². The Labute approximate surface area is 184 Å². The maximum absolute atomic E-state index is 13.2. The van der Waals surface area contributed by atoms with Crippen molar-refractivity contribution in [1.29, 1.82) is 5.26 Å². The van der Waals surface area contributed by atoms with Crippen LogP contribution in [0.15, 0.2) is 53.9 Å². The van der Waals surface area contributed by atoms with Gasteiger partial charge in [0.25, 0.3) is 5.91 Å². The summed E-state index contributed by atoms with van der Waals surface area (Å²) < 4.78 is 6.88. The van der Waals surface area contributed by atoms with Gasteiger partial charge in [0.2, 0.25) is 0 Å². The summed E-state index contributed by atoms with van der Waals surface area (Å²) in [6.07, 6.45) is 3.71. The fourth-order valence-corrected chi connectivity index (χ4v) is 4.02. The van der Waals surface area contributed by atoms with Gasteiger partial charge in [0.1, 0.15) is 5.54 Å². The molecular formula is C19H16I2N4O2. The van der Waals surface area contributed by atoms with Crippen LogP contribution < -0.4 is 0 Å². The molecule has 3 rings (SSSR count). The first kappa shape index (κ1) is 20.2. The van der Waals surface area contributed by atoms with E-state index in [1.54, 1.807) is 30.6 Å². The summed E-state index contributed by atoms with van der Waals surface area (Å²) in [4.78, 5) is 17.2. The maximum atomic E-state index is 13.2. The van der Waals surface area contributed by atoms with Gasteiger partial charge in [-0.1, -0.05) is 63.4 Å². The Kier molecular flexibility index (Phi) is 6.78. The highest BCUT2D eigenvalue weighted by molar-refractivity contribution is 14.1. The fraction of sp³-hybridized carbons (Fsp3) is 0.263. The van der Waals surface area contributed by atoms with E-state index >= 15 is 0 Å². The zero-order valence-electron chi connectivity index (χ0n) is 14.3. The number of carbonyl (C=O) groups is 1. The van der Waals surface area contributed by atoms with E-state index < -0.39 is 5.54 Å². The van der Waals surface area contributed by atoms with E-state index in [4.69, 9.17) is 4.74 Å². The standard InChI is InChI=1S/C19H16I2N4O2/c20-11-19(12-27-13-21)9-17(16-4-2-1-3-15(16)10-22)24-25(19)18(26)14-5-7-23-8-6-14/h1-8H,9,11-13H2. The second kappa shape index (κ2) is 9.07. The van der Waals surface area contributed by atoms with Crippen LogP contribution in [-0.4, -0.2) is 42.8 Å². The van der Waals surface area contributed by atoms with Crippen LogP contribution in [0.4, 0.5) is 0 Å². The zero-order chi connectivity index (χ0) is 19.3. The molecule has 1 aliphatic heterocycles. The minimum atomic E-state index is -0.593. The van der Waals surface area contributed by atoms with E-state index in [0.717, 1.165) is 11.3 Å². The Bertz CT molecular complexity index is 898. The van der Waals surface area contributed by atoms with Crippen molar-refractivity contribution >= 4 is 56.8 Å². The number of rotatable bonds is 6. The van der Waals surface area contributed by atoms with E-state index in [1.807, 2.05) is 18.2 Å². The molecule has 0 radical (unpaired) electrons. The van der Waals surface area contributed by atoms with Crippen LogP contribution in [0.5, 0.6) is 0 Å². The highest BCUT2D eigenvalue weighted by atomic mass is 127. The topological polar surface area (TPSA) is 78.6 Å². The van der Waals surface area contributed by atoms with Crippen LogP contribution in [0.3, 0.4) is 0 Å². The first-order valence-electron chi connectivity index (χ1n) is 8.16. The van der Waals surface area contributed by atoms with Gasteiger partial charge in [-0.25, -0.2) is 5.01 Å². The fourth-order valence-electron chi connectivity index (χ4n) is 2.99. The van der Waals surface area contributed by atoms with Gasteiger partial charge in [-0.3, -0.25) is 9.78 Å². The van der Waals surface area contributed by atoms with Crippen LogP contribution in [0.1, 0.15) is 27.9 Å². The second-order valence-corrected chi connectivity index (χ2v) is 7.43. The molecule has 0 saturated carbocycles. The molecule has 1 atom stereocenters. The Hall–Kier alpha value is -1.58. The quantitative estimate of drug-likeness (QED) is 0.382. The summed E-state index contributed by atoms with van der Waals surface area (Å²) in [6, 6.07) is 12.9. The number of amides is 1. The largest absolute Gasteiger partial charge is 0.369 e. The molecule has 138 valence electrons. The summed E-state index contributed by atoms with van der Waals surface area (Å²) in [5.41, 5.74) is 1.96. The number of benzene rings is 1. The molecular weight excluding hydrogens is 570 g/mol. The molecule has 2 aromatic rings. The van der Waals surface area contributed by atoms with Crippen molar-refractivity contribution in [3.8, 4) is 6.07 Å². The van der Waals surface area contributed by atoms with Gasteiger partial charge in [-0.15, -0.1) is 0 Å². The minimum absolute atomic E-state index is 0.199. The number of pyridine rings is 1. The maximum Gasteiger partial charge on any atom is 0.274 e. The summed E-state index contributed by atoms with van der Waals surface area (Å²) in [5, 5.41) is 15.6. The molecule has 0 bridgehead atoms. The van der Waals surface area contributed by atoms with Gasteiger partial charge in [0, 0.05) is 34.4 Å². The lowest BCUT2D eigenvalue weighted by molar-refractivity contribution is 0.0316. The SMILES string of the molecule is N#Cc1ccccc1C1=NN(C(=O)c2ccncc2)C(CI)(COCI)C1. The van der Waals surface area contributed by atoms with Gasteiger partial charge >= 0.3 is 0 Å². The van der Waals surface area contributed by atoms with Crippen molar-refractivity contribution in [2.24, 2.45) is 5.10 Å². The first-order valence-corrected chi connectivity index (χ1v) is 11.2. The van der Waals surface area contributed by atoms with E-state index in [0.29, 0.717) is 33.2 Å². The van der Waals surface area contributed by atoms with Gasteiger partial charge in [-0.2, -0.15) is 10.4 Å². The molecule has 6 nitrogen and oxygen atoms in total. The molecule has 27 heavy (non-hydrogen) atoms. The number of halogens is 2. The lowest BCUT2D eigenvalue weighted by Gasteiger charge is -2.34. The number of hydrogen-bond acceptors (Lipinski definition) is 5. The smallest absolute Gasteiger partial charge is 0.274 e. The number of hydrazone groups is 1. The Morgan fingerprint density at radius 1 is 1.26 bits per heavy atom. The number of aromatic nitrogens is 1. The Morgan fingerprint density at radius 2 is 2.00 bits per heavy atom. The predicted molar refractivity (Wildman–Crippen MR) is 119 cm³/mol. The van der Waals surface area contributed by atoms with E-state index in [9.17, 15) is 10.1 Å². The third-order valence-electron chi connectivity index (χ3n) is 4.34. The Balaban J connectivity index is 2.05. The van der Waals surface area contributed by atoms with Crippen molar-refractivity contribution < 1.29 is 9.53 Å². The van der Waals surface area contributed by atoms with Gasteiger partial charge in [-0.05, 0) is 18.2 Å². The van der Waals surface area contributed by atoms with Crippen LogP contribution in [0, 0.1) is 11.3 Å². The number of ether oxygens (including phenoxy) is 1. The van der Waals surface area contributed by atoms with Crippen LogP contribution in [0.25, 0.3) is 0 Å². The Morgan fingerprint density at radius 3 is 2.67 bits per heavy atom. The van der Waals surface area contributed by atoms with E-state index in [2.05, 4.69) is 61.3 Å². The van der Waals surface area contributed by atoms with Crippen molar-refractivity contribution in [3.63, 3.8) is 0 Å². The first-order chi connectivity index (χ1) is 13.1. The summed E-state index contributed by atoms with van der Waals surface area (Å²) >= 11 is 4.41. The molecule has 1 aliphatic rings. The zero-order valence-corrected chi connectivity index (χ0v) is 18.6. The number of nitrogens with zero attached hydrogens (tertiary/aromatic N) is 4. The van der Waals surface area contributed by atoms with Gasteiger partial charge in [0.05, 0.1) is 28.6 Å². The number of nitriles is 1. The van der Waals surface area contributed by atoms with Crippen molar-refractivity contribution in [2.45, 2.75) is 12.0 Å². The molecule has 0 spiro atoms. The molecule has 1 unspecified atom stereocenters. The molecule has 1 aromatic heterocycles. The molecule has 1 amide bonds. The number of hydrogen-bond donors (Lipinski definition) is 0. The van der Waals surface area contributed by atoms with Crippen LogP contribution >= 0.6 is 45.2 Å². The van der Waals surface area contributed by atoms with Crippen molar-refractivity contribution in [2.75, 3.05) is 15.6 Å². The summed E-state index contributed by atoms with van der Waals surface area (Å²) in [6.45, 7) is 0.372. The normalized spacial score (nSPS) is 18.9. The number of carbonyl (C=O) groups excluding carboxylic acids is 1. The van der Waals surface area contributed by atoms with Crippen LogP contribution in [0.2, 0.25) is 0 Å². The summed E-state index contributed by atoms with van der Waals surface area (Å²) in [7, 11) is 0. The van der Waals surface area contributed by atoms with E-state index in [1.165, 1.54) is 5.01 Å². The molecule has 1 aromatic carbocycles. The lowest BCUT2D eigenvalue weighted by Crippen LogP contribution is -2.51. The van der Waals surface area contributed by atoms with Crippen LogP contribution in [-0.2, 0) is 4.74 Å². The average molecular weight is 586 g/mol. The minimum Gasteiger partial charge on any atom is -0.369 e. The average Bonchev–Trinajstić information content (AvgIpc) is 3.12. The number of alkyl halides is 2. The molecule has 8 heteroatoms. The van der Waals surface area contributed by atoms with Gasteiger partial charge in [0.15, 0.2) is 0 Å². The molecule has 2 heterocycles. The summed E-state index contributed by atoms with van der Waals surface area (Å²) in [5.74, 6) is -0.199. The predicted octanol–water partition coefficient (Wildman–Crippen LogP) is 3.79. The molecule has 0 aliphatic carbocycles. The highest BCUT2D eigenvalue weighted by Gasteiger charge is 2.46. The van der Waals surface area contributed by atoms with Crippen molar-refractivity contribution in [3.05, 3.63) is 65.5 Å². The highest BCUT2D eigenvalue weighted by Crippen LogP contribution is 2.34. The molecule has 0 fully saturated rings. The molecule has 0 N–H and O–H groups in total. The lowest BCUT2D eigenvalue weighted by atomic mass is 9.91. The third-order valence-corrected chi connectivity index (χ3v) is 6.20. The molecule has 0 saturated heterocycles. The second-order valence-electron chi connectivity index (χ2n) is 6.05. The van der Waals surface area contributed by atoms with Gasteiger partial charge < -0.3 is 4.74 Å². The monoisotopic (exact) mass is 586 g/mol. The van der Waals surface area contributed by atoms with E-state index in [-0.39, 0.29) is 5.91 Å². The third kappa shape index (κ3) is 4.14.